The van der Waals surface area contributed by atoms with Crippen molar-refractivity contribution in [2.75, 3.05) is 13.7 Å². The lowest BCUT2D eigenvalue weighted by Crippen LogP contribution is -2.23. The summed E-state index contributed by atoms with van der Waals surface area (Å²) in [6, 6.07) is 18.0. The number of likely N-dealkylation sites (tertiary alicyclic amines) is 1. The van der Waals surface area contributed by atoms with Crippen LogP contribution in [-0.2, 0) is 19.5 Å². The Morgan fingerprint density at radius 2 is 2.00 bits per heavy atom. The standard InChI is InChI=1S/C28H30FN3O/c1-3-31-18-22(25-11-10-23(29)16-28(25)31)19-32-13-5-8-27(32)26-12-9-21(17-30-26)14-20-6-4-7-24(15-20)33-2/h4,6-7,9-12,15-18,27H,3,5,8,13-14,19H2,1-2H3. The zero-order valence-electron chi connectivity index (χ0n) is 19.3. The van der Waals surface area contributed by atoms with Gasteiger partial charge in [-0.3, -0.25) is 9.88 Å². The molecule has 1 unspecified atom stereocenters. The smallest absolute Gasteiger partial charge is 0.125 e. The molecule has 1 aliphatic heterocycles. The second-order valence-corrected chi connectivity index (χ2v) is 8.85. The molecular formula is C28H30FN3O. The van der Waals surface area contributed by atoms with Crippen molar-refractivity contribution in [1.82, 2.24) is 14.5 Å². The van der Waals surface area contributed by atoms with Crippen LogP contribution in [0.25, 0.3) is 10.9 Å². The fourth-order valence-corrected chi connectivity index (χ4v) is 5.05. The summed E-state index contributed by atoms with van der Waals surface area (Å²) in [7, 11) is 1.70. The van der Waals surface area contributed by atoms with Crippen molar-refractivity contribution in [1.29, 1.82) is 0 Å². The van der Waals surface area contributed by atoms with E-state index in [0.717, 1.165) is 54.8 Å². The first-order valence-electron chi connectivity index (χ1n) is 11.7. The number of nitrogens with zero attached hydrogens (tertiary/aromatic N) is 3. The minimum atomic E-state index is -0.181. The first-order valence-corrected chi connectivity index (χ1v) is 11.7. The number of fused-ring (bicyclic) bond motifs is 1. The van der Waals surface area contributed by atoms with E-state index in [1.807, 2.05) is 24.4 Å². The van der Waals surface area contributed by atoms with Crippen LogP contribution in [-0.4, -0.2) is 28.1 Å². The monoisotopic (exact) mass is 443 g/mol. The molecule has 3 heterocycles. The summed E-state index contributed by atoms with van der Waals surface area (Å²) in [5.74, 6) is 0.699. The Labute approximate surface area is 194 Å². The minimum absolute atomic E-state index is 0.181. The van der Waals surface area contributed by atoms with Crippen molar-refractivity contribution in [2.24, 2.45) is 0 Å². The molecule has 0 amide bonds. The highest BCUT2D eigenvalue weighted by molar-refractivity contribution is 5.84. The zero-order valence-corrected chi connectivity index (χ0v) is 19.3. The normalized spacial score (nSPS) is 16.5. The van der Waals surface area contributed by atoms with Crippen molar-refractivity contribution in [2.45, 2.75) is 45.3 Å². The average Bonchev–Trinajstić information content (AvgIpc) is 3.44. The van der Waals surface area contributed by atoms with Crippen LogP contribution in [0.15, 0.2) is 67.0 Å². The van der Waals surface area contributed by atoms with Gasteiger partial charge in [-0.05, 0) is 85.8 Å². The largest absolute Gasteiger partial charge is 0.497 e. The van der Waals surface area contributed by atoms with Gasteiger partial charge in [0.2, 0.25) is 0 Å². The fourth-order valence-electron chi connectivity index (χ4n) is 5.05. The molecule has 4 nitrogen and oxygen atoms in total. The number of benzene rings is 2. The Kier molecular flexibility index (Phi) is 6.14. The van der Waals surface area contributed by atoms with E-state index in [0.29, 0.717) is 6.04 Å². The lowest BCUT2D eigenvalue weighted by molar-refractivity contribution is 0.245. The molecule has 5 heteroatoms. The van der Waals surface area contributed by atoms with E-state index in [2.05, 4.69) is 46.9 Å². The summed E-state index contributed by atoms with van der Waals surface area (Å²) in [5, 5.41) is 1.14. The first-order chi connectivity index (χ1) is 16.1. The summed E-state index contributed by atoms with van der Waals surface area (Å²) in [4.78, 5) is 7.37. The van der Waals surface area contributed by atoms with E-state index in [4.69, 9.17) is 9.72 Å². The molecule has 1 aliphatic rings. The summed E-state index contributed by atoms with van der Waals surface area (Å²) in [6.07, 6.45) is 7.31. The van der Waals surface area contributed by atoms with Gasteiger partial charge in [0.1, 0.15) is 11.6 Å². The molecular weight excluding hydrogens is 413 g/mol. The molecule has 0 spiro atoms. The van der Waals surface area contributed by atoms with Gasteiger partial charge in [-0.15, -0.1) is 0 Å². The average molecular weight is 444 g/mol. The van der Waals surface area contributed by atoms with Crippen LogP contribution >= 0.6 is 0 Å². The first kappa shape index (κ1) is 21.7. The maximum absolute atomic E-state index is 13.8. The van der Waals surface area contributed by atoms with Crippen LogP contribution in [0.1, 0.15) is 48.2 Å². The van der Waals surface area contributed by atoms with Crippen LogP contribution in [0.4, 0.5) is 4.39 Å². The number of pyridine rings is 1. The van der Waals surface area contributed by atoms with E-state index in [9.17, 15) is 4.39 Å². The maximum atomic E-state index is 13.8. The molecule has 2 aromatic carbocycles. The molecule has 5 rings (SSSR count). The molecule has 1 fully saturated rings. The molecule has 0 saturated carbocycles. The molecule has 0 bridgehead atoms. The highest BCUT2D eigenvalue weighted by Crippen LogP contribution is 2.34. The second kappa shape index (κ2) is 9.36. The molecule has 2 aromatic heterocycles. The molecule has 170 valence electrons. The van der Waals surface area contributed by atoms with Crippen LogP contribution in [0, 0.1) is 5.82 Å². The summed E-state index contributed by atoms with van der Waals surface area (Å²) < 4.78 is 21.3. The van der Waals surface area contributed by atoms with Gasteiger partial charge < -0.3 is 9.30 Å². The Hall–Kier alpha value is -3.18. The number of methoxy groups -OCH3 is 1. The maximum Gasteiger partial charge on any atom is 0.125 e. The van der Waals surface area contributed by atoms with Crippen LogP contribution in [0.2, 0.25) is 0 Å². The van der Waals surface area contributed by atoms with Crippen LogP contribution in [0.3, 0.4) is 0 Å². The topological polar surface area (TPSA) is 30.3 Å². The lowest BCUT2D eigenvalue weighted by Gasteiger charge is -2.24. The number of halogens is 1. The second-order valence-electron chi connectivity index (χ2n) is 8.85. The lowest BCUT2D eigenvalue weighted by atomic mass is 10.0. The molecule has 1 atom stereocenters. The van der Waals surface area contributed by atoms with Gasteiger partial charge in [0.05, 0.1) is 24.4 Å². The Morgan fingerprint density at radius 3 is 2.79 bits per heavy atom. The predicted octanol–water partition coefficient (Wildman–Crippen LogP) is 6.13. The highest BCUT2D eigenvalue weighted by Gasteiger charge is 2.28. The SMILES string of the molecule is CCn1cc(CN2CCCC2c2ccc(Cc3cccc(OC)c3)cn2)c2ccc(F)cc21. The van der Waals surface area contributed by atoms with Crippen molar-refractivity contribution in [3.05, 3.63) is 95.2 Å². The Morgan fingerprint density at radius 1 is 1.09 bits per heavy atom. The Balaban J connectivity index is 1.33. The van der Waals surface area contributed by atoms with Crippen molar-refractivity contribution in [3.8, 4) is 5.75 Å². The third-order valence-electron chi connectivity index (χ3n) is 6.74. The highest BCUT2D eigenvalue weighted by atomic mass is 19.1. The van der Waals surface area contributed by atoms with E-state index in [-0.39, 0.29) is 5.82 Å². The molecule has 0 radical (unpaired) electrons. The number of ether oxygens (including phenoxy) is 1. The van der Waals surface area contributed by atoms with Gasteiger partial charge >= 0.3 is 0 Å². The number of hydrogen-bond acceptors (Lipinski definition) is 3. The molecule has 4 aromatic rings. The van der Waals surface area contributed by atoms with Gasteiger partial charge in [-0.2, -0.15) is 0 Å². The van der Waals surface area contributed by atoms with Gasteiger partial charge in [-0.25, -0.2) is 4.39 Å². The summed E-state index contributed by atoms with van der Waals surface area (Å²) in [5.41, 5.74) is 5.78. The van der Waals surface area contributed by atoms with Crippen molar-refractivity contribution >= 4 is 10.9 Å². The van der Waals surface area contributed by atoms with E-state index >= 15 is 0 Å². The van der Waals surface area contributed by atoms with Gasteiger partial charge in [0.25, 0.3) is 0 Å². The number of aromatic nitrogens is 2. The van der Waals surface area contributed by atoms with Gasteiger partial charge in [0.15, 0.2) is 0 Å². The summed E-state index contributed by atoms with van der Waals surface area (Å²) in [6.45, 7) is 4.84. The van der Waals surface area contributed by atoms with E-state index in [1.165, 1.54) is 23.1 Å². The van der Waals surface area contributed by atoms with Crippen molar-refractivity contribution in [3.63, 3.8) is 0 Å². The third kappa shape index (κ3) is 4.51. The quantitative estimate of drug-likeness (QED) is 0.344. The molecule has 0 N–H and O–H groups in total. The number of rotatable bonds is 7. The molecule has 33 heavy (non-hydrogen) atoms. The fraction of sp³-hybridized carbons (Fsp3) is 0.321. The van der Waals surface area contributed by atoms with Crippen LogP contribution in [0.5, 0.6) is 5.75 Å². The number of aryl methyl sites for hydroxylation is 1. The van der Waals surface area contributed by atoms with Crippen molar-refractivity contribution < 1.29 is 9.13 Å². The van der Waals surface area contributed by atoms with E-state index < -0.39 is 0 Å². The van der Waals surface area contributed by atoms with Crippen LogP contribution < -0.4 is 4.74 Å². The van der Waals surface area contributed by atoms with Gasteiger partial charge in [-0.1, -0.05) is 18.2 Å². The third-order valence-corrected chi connectivity index (χ3v) is 6.74. The zero-order chi connectivity index (χ0) is 22.8. The summed E-state index contributed by atoms with van der Waals surface area (Å²) >= 11 is 0. The number of hydrogen-bond donors (Lipinski definition) is 0. The minimum Gasteiger partial charge on any atom is -0.497 e. The Bertz CT molecular complexity index is 1250. The molecule has 0 aliphatic carbocycles. The molecule has 1 saturated heterocycles. The van der Waals surface area contributed by atoms with Gasteiger partial charge in [0, 0.05) is 30.9 Å². The van der Waals surface area contributed by atoms with E-state index in [1.54, 1.807) is 19.2 Å². The predicted molar refractivity (Wildman–Crippen MR) is 130 cm³/mol.